The van der Waals surface area contributed by atoms with Crippen LogP contribution in [-0.4, -0.2) is 9.97 Å². The Kier molecular flexibility index (Phi) is 2.26. The van der Waals surface area contributed by atoms with Crippen molar-refractivity contribution in [2.75, 3.05) is 5.73 Å². The van der Waals surface area contributed by atoms with Crippen LogP contribution in [0.2, 0.25) is 0 Å². The zero-order chi connectivity index (χ0) is 9.30. The predicted octanol–water partition coefficient (Wildman–Crippen LogP) is 1.63. The van der Waals surface area contributed by atoms with Crippen LogP contribution in [0.3, 0.4) is 0 Å². The van der Waals surface area contributed by atoms with E-state index >= 15 is 0 Å². The van der Waals surface area contributed by atoms with Gasteiger partial charge in [-0.05, 0) is 6.92 Å². The van der Waals surface area contributed by atoms with Crippen LogP contribution in [0.15, 0.2) is 0 Å². The number of hydrogen-bond donors (Lipinski definition) is 1. The van der Waals surface area contributed by atoms with Crippen molar-refractivity contribution in [1.82, 2.24) is 9.97 Å². The molecule has 4 heteroatoms. The number of hydrogen-bond acceptors (Lipinski definition) is 3. The fraction of sp³-hybridized carbons (Fsp3) is 0.500. The van der Waals surface area contributed by atoms with Gasteiger partial charge in [0.2, 0.25) is 0 Å². The number of aromatic nitrogens is 2. The third-order valence-electron chi connectivity index (χ3n) is 1.58. The minimum atomic E-state index is -0.514. The van der Waals surface area contributed by atoms with Gasteiger partial charge in [-0.3, -0.25) is 0 Å². The topological polar surface area (TPSA) is 51.8 Å². The third-order valence-corrected chi connectivity index (χ3v) is 1.58. The largest absolute Gasteiger partial charge is 0.381 e. The summed E-state index contributed by atoms with van der Waals surface area (Å²) in [5.74, 6) is 0.184. The molecule has 0 saturated carbocycles. The van der Waals surface area contributed by atoms with Crippen LogP contribution in [0.25, 0.3) is 0 Å². The standard InChI is InChI=1S/C8H12FN3/c1-4(2)8-11-5(3)6(9)7(10)12-8/h4H,1-3H3,(H2,10,11,12). The molecule has 0 aliphatic rings. The van der Waals surface area contributed by atoms with E-state index in [1.807, 2.05) is 13.8 Å². The highest BCUT2D eigenvalue weighted by molar-refractivity contribution is 5.32. The molecule has 12 heavy (non-hydrogen) atoms. The van der Waals surface area contributed by atoms with Crippen molar-refractivity contribution in [3.8, 4) is 0 Å². The molecule has 0 radical (unpaired) electrons. The Labute approximate surface area is 70.8 Å². The summed E-state index contributed by atoms with van der Waals surface area (Å²) < 4.78 is 12.9. The lowest BCUT2D eigenvalue weighted by molar-refractivity contribution is 0.598. The van der Waals surface area contributed by atoms with E-state index < -0.39 is 5.82 Å². The molecule has 0 fully saturated rings. The maximum atomic E-state index is 12.9. The first kappa shape index (κ1) is 8.90. The second-order valence-corrected chi connectivity index (χ2v) is 3.02. The second kappa shape index (κ2) is 3.05. The van der Waals surface area contributed by atoms with E-state index in [1.165, 1.54) is 0 Å². The fourth-order valence-corrected chi connectivity index (χ4v) is 0.862. The van der Waals surface area contributed by atoms with E-state index in [-0.39, 0.29) is 11.7 Å². The van der Waals surface area contributed by atoms with Gasteiger partial charge in [-0.15, -0.1) is 0 Å². The van der Waals surface area contributed by atoms with E-state index in [1.54, 1.807) is 6.92 Å². The molecule has 0 aliphatic carbocycles. The van der Waals surface area contributed by atoms with Crippen LogP contribution in [0, 0.1) is 12.7 Å². The molecule has 1 heterocycles. The average Bonchev–Trinajstić information content (AvgIpc) is 1.99. The first-order chi connectivity index (χ1) is 5.52. The lowest BCUT2D eigenvalue weighted by Gasteiger charge is -2.06. The highest BCUT2D eigenvalue weighted by Crippen LogP contribution is 2.15. The van der Waals surface area contributed by atoms with Crippen molar-refractivity contribution in [2.24, 2.45) is 0 Å². The molecule has 2 N–H and O–H groups in total. The highest BCUT2D eigenvalue weighted by Gasteiger charge is 2.10. The number of nitrogen functional groups attached to an aromatic ring is 1. The molecule has 66 valence electrons. The van der Waals surface area contributed by atoms with Crippen molar-refractivity contribution in [2.45, 2.75) is 26.7 Å². The molecule has 0 saturated heterocycles. The number of nitrogens with two attached hydrogens (primary N) is 1. The molecule has 1 aromatic rings. The Hall–Kier alpha value is -1.19. The van der Waals surface area contributed by atoms with Gasteiger partial charge in [-0.1, -0.05) is 13.8 Å². The molecule has 0 unspecified atom stereocenters. The minimum absolute atomic E-state index is 0.0637. The Bertz CT molecular complexity index is 273. The monoisotopic (exact) mass is 169 g/mol. The van der Waals surface area contributed by atoms with Gasteiger partial charge < -0.3 is 5.73 Å². The predicted molar refractivity (Wildman–Crippen MR) is 45.2 cm³/mol. The summed E-state index contributed by atoms with van der Waals surface area (Å²) in [6, 6.07) is 0. The number of anilines is 1. The van der Waals surface area contributed by atoms with Crippen molar-refractivity contribution >= 4 is 5.82 Å². The Morgan fingerprint density at radius 1 is 1.33 bits per heavy atom. The molecule has 1 rings (SSSR count). The molecule has 0 aliphatic heterocycles. The Morgan fingerprint density at radius 3 is 2.33 bits per heavy atom. The smallest absolute Gasteiger partial charge is 0.186 e. The summed E-state index contributed by atoms with van der Waals surface area (Å²) in [7, 11) is 0. The van der Waals surface area contributed by atoms with E-state index in [4.69, 9.17) is 5.73 Å². The summed E-state index contributed by atoms with van der Waals surface area (Å²) in [6.45, 7) is 5.46. The van der Waals surface area contributed by atoms with Crippen LogP contribution in [-0.2, 0) is 0 Å². The molecule has 0 atom stereocenters. The average molecular weight is 169 g/mol. The van der Waals surface area contributed by atoms with Crippen molar-refractivity contribution in [3.63, 3.8) is 0 Å². The SMILES string of the molecule is Cc1nc(C(C)C)nc(N)c1F. The van der Waals surface area contributed by atoms with Gasteiger partial charge in [-0.2, -0.15) is 0 Å². The molecular formula is C8H12FN3. The Balaban J connectivity index is 3.21. The molecule has 3 nitrogen and oxygen atoms in total. The van der Waals surface area contributed by atoms with Gasteiger partial charge >= 0.3 is 0 Å². The van der Waals surface area contributed by atoms with E-state index in [2.05, 4.69) is 9.97 Å². The third kappa shape index (κ3) is 1.52. The van der Waals surface area contributed by atoms with Crippen LogP contribution in [0.5, 0.6) is 0 Å². The number of aryl methyl sites for hydroxylation is 1. The van der Waals surface area contributed by atoms with Crippen LogP contribution in [0.1, 0.15) is 31.3 Å². The zero-order valence-corrected chi connectivity index (χ0v) is 7.43. The van der Waals surface area contributed by atoms with E-state index in [9.17, 15) is 4.39 Å². The quantitative estimate of drug-likeness (QED) is 0.695. The molecule has 0 amide bonds. The van der Waals surface area contributed by atoms with E-state index in [0.717, 1.165) is 0 Å². The highest BCUT2D eigenvalue weighted by atomic mass is 19.1. The lowest BCUT2D eigenvalue weighted by Crippen LogP contribution is -2.06. The van der Waals surface area contributed by atoms with Crippen molar-refractivity contribution in [3.05, 3.63) is 17.3 Å². The maximum Gasteiger partial charge on any atom is 0.186 e. The van der Waals surface area contributed by atoms with Gasteiger partial charge in [0, 0.05) is 5.92 Å². The Morgan fingerprint density at radius 2 is 1.92 bits per heavy atom. The van der Waals surface area contributed by atoms with E-state index in [0.29, 0.717) is 11.5 Å². The van der Waals surface area contributed by atoms with Gasteiger partial charge in [0.15, 0.2) is 11.6 Å². The molecule has 0 aromatic carbocycles. The van der Waals surface area contributed by atoms with Gasteiger partial charge in [-0.25, -0.2) is 14.4 Å². The summed E-state index contributed by atoms with van der Waals surface area (Å²) in [5, 5.41) is 0. The molecule has 0 bridgehead atoms. The normalized spacial score (nSPS) is 10.8. The van der Waals surface area contributed by atoms with Crippen LogP contribution < -0.4 is 5.73 Å². The van der Waals surface area contributed by atoms with Gasteiger partial charge in [0.25, 0.3) is 0 Å². The lowest BCUT2D eigenvalue weighted by atomic mass is 10.2. The second-order valence-electron chi connectivity index (χ2n) is 3.02. The molecule has 0 spiro atoms. The first-order valence-electron chi connectivity index (χ1n) is 3.82. The summed E-state index contributed by atoms with van der Waals surface area (Å²) in [4.78, 5) is 7.79. The molecule has 1 aromatic heterocycles. The first-order valence-corrected chi connectivity index (χ1v) is 3.82. The van der Waals surface area contributed by atoms with Gasteiger partial charge in [0.05, 0.1) is 5.69 Å². The summed E-state index contributed by atoms with van der Waals surface area (Å²) >= 11 is 0. The zero-order valence-electron chi connectivity index (χ0n) is 7.43. The summed E-state index contributed by atoms with van der Waals surface area (Å²) in [6.07, 6.45) is 0. The van der Waals surface area contributed by atoms with Crippen molar-refractivity contribution in [1.29, 1.82) is 0 Å². The number of nitrogens with zero attached hydrogens (tertiary/aromatic N) is 2. The number of rotatable bonds is 1. The fourth-order valence-electron chi connectivity index (χ4n) is 0.862. The van der Waals surface area contributed by atoms with Crippen LogP contribution >= 0.6 is 0 Å². The molecular weight excluding hydrogens is 157 g/mol. The van der Waals surface area contributed by atoms with Crippen LogP contribution in [0.4, 0.5) is 10.2 Å². The minimum Gasteiger partial charge on any atom is -0.381 e. The maximum absolute atomic E-state index is 12.9. The number of halogens is 1. The summed E-state index contributed by atoms with van der Waals surface area (Å²) in [5.41, 5.74) is 5.64. The van der Waals surface area contributed by atoms with Crippen molar-refractivity contribution < 1.29 is 4.39 Å². The van der Waals surface area contributed by atoms with Gasteiger partial charge in [0.1, 0.15) is 5.82 Å².